The molecular formula is C40H27N5O2. The predicted molar refractivity (Wildman–Crippen MR) is 186 cm³/mol. The molecule has 7 nitrogen and oxygen atoms in total. The van der Waals surface area contributed by atoms with Crippen LogP contribution in [0.3, 0.4) is 0 Å². The Hall–Kier alpha value is -6.47. The fourth-order valence-corrected chi connectivity index (χ4v) is 6.43. The van der Waals surface area contributed by atoms with Crippen LogP contribution in [0.5, 0.6) is 11.5 Å². The molecule has 2 aromatic heterocycles. The van der Waals surface area contributed by atoms with Gasteiger partial charge in [-0.15, -0.1) is 0 Å². The highest BCUT2D eigenvalue weighted by molar-refractivity contribution is 6.11. The van der Waals surface area contributed by atoms with Crippen LogP contribution in [0.2, 0.25) is 0 Å². The van der Waals surface area contributed by atoms with Crippen LogP contribution in [-0.4, -0.2) is 19.5 Å². The van der Waals surface area contributed by atoms with Crippen molar-refractivity contribution in [3.63, 3.8) is 0 Å². The van der Waals surface area contributed by atoms with Gasteiger partial charge in [-0.3, -0.25) is 9.47 Å². The highest BCUT2D eigenvalue weighted by Crippen LogP contribution is 2.52. The van der Waals surface area contributed by atoms with Gasteiger partial charge in [0, 0.05) is 28.0 Å². The van der Waals surface area contributed by atoms with Gasteiger partial charge < -0.3 is 9.47 Å². The average Bonchev–Trinajstić information content (AvgIpc) is 3.44. The molecule has 0 aliphatic carbocycles. The molecule has 0 saturated carbocycles. The zero-order valence-electron chi connectivity index (χ0n) is 25.5. The minimum atomic E-state index is 0.494. The van der Waals surface area contributed by atoms with Crippen molar-refractivity contribution < 1.29 is 9.47 Å². The second-order valence-electron chi connectivity index (χ2n) is 11.6. The van der Waals surface area contributed by atoms with Crippen molar-refractivity contribution in [2.75, 3.05) is 4.90 Å². The zero-order chi connectivity index (χ0) is 31.6. The average molecular weight is 610 g/mol. The van der Waals surface area contributed by atoms with Crippen molar-refractivity contribution in [1.82, 2.24) is 19.5 Å². The summed E-state index contributed by atoms with van der Waals surface area (Å²) in [5, 5.41) is 2.08. The summed E-state index contributed by atoms with van der Waals surface area (Å²) in [6.45, 7) is 10.3. The lowest BCUT2D eigenvalue weighted by Crippen LogP contribution is -2.30. The van der Waals surface area contributed by atoms with Gasteiger partial charge in [0.1, 0.15) is 11.5 Å². The molecule has 0 saturated heterocycles. The molecule has 7 heteroatoms. The Bertz CT molecular complexity index is 2460. The van der Waals surface area contributed by atoms with Crippen LogP contribution < -0.4 is 14.4 Å². The molecule has 0 fully saturated rings. The summed E-state index contributed by atoms with van der Waals surface area (Å²) in [6.07, 6.45) is 1.69. The Labute approximate surface area is 271 Å². The third kappa shape index (κ3) is 4.17. The van der Waals surface area contributed by atoms with Crippen LogP contribution >= 0.6 is 0 Å². The number of hydrogen-bond donors (Lipinski definition) is 0. The lowest BCUT2D eigenvalue weighted by atomic mass is 10.1. The fraction of sp³-hybridized carbons (Fsp3) is 0.0250. The van der Waals surface area contributed by atoms with Crippen molar-refractivity contribution in [2.24, 2.45) is 0 Å². The Morgan fingerprint density at radius 1 is 0.638 bits per heavy atom. The van der Waals surface area contributed by atoms with E-state index in [4.69, 9.17) is 24.4 Å². The molecule has 0 radical (unpaired) electrons. The van der Waals surface area contributed by atoms with E-state index >= 15 is 0 Å². The highest BCUT2D eigenvalue weighted by Gasteiger charge is 2.36. The van der Waals surface area contributed by atoms with E-state index in [9.17, 15) is 0 Å². The van der Waals surface area contributed by atoms with Gasteiger partial charge in [0.25, 0.3) is 0 Å². The Morgan fingerprint density at radius 2 is 1.34 bits per heavy atom. The van der Waals surface area contributed by atoms with E-state index in [1.165, 1.54) is 5.56 Å². The number of ether oxygens (including phenoxy) is 2. The van der Waals surface area contributed by atoms with E-state index in [0.717, 1.165) is 55.8 Å². The normalized spacial score (nSPS) is 13.6. The van der Waals surface area contributed by atoms with Gasteiger partial charge in [-0.25, -0.2) is 4.98 Å². The summed E-state index contributed by atoms with van der Waals surface area (Å²) in [5.74, 6) is 4.15. The standard InChI is InChI=1S/C40H27N5O2/c1-4-34-37-25(3)46-35-17-11-10-16-31(35)44(37)33-22-29-28-14-8-9-15-30(28)45(32(29)23-36(33)47-34)40-42-38(26-12-6-5-7-13-26)41-39(43-40)27-20-18-24(2)19-21-27/h4-23H,1,3H2,2H3. The quantitative estimate of drug-likeness (QED) is 0.198. The second-order valence-corrected chi connectivity index (χ2v) is 11.6. The highest BCUT2D eigenvalue weighted by atomic mass is 16.5. The predicted octanol–water partition coefficient (Wildman–Crippen LogP) is 9.45. The van der Waals surface area contributed by atoms with E-state index < -0.39 is 0 Å². The Morgan fingerprint density at radius 3 is 2.13 bits per heavy atom. The number of anilines is 2. The van der Waals surface area contributed by atoms with Crippen molar-refractivity contribution >= 4 is 33.2 Å². The third-order valence-corrected chi connectivity index (χ3v) is 8.63. The van der Waals surface area contributed by atoms with Gasteiger partial charge >= 0.3 is 0 Å². The number of fused-ring (bicyclic) bond motifs is 8. The molecule has 47 heavy (non-hydrogen) atoms. The number of aryl methyl sites for hydroxylation is 1. The molecule has 0 atom stereocenters. The van der Waals surface area contributed by atoms with Gasteiger partial charge in [-0.05, 0) is 37.3 Å². The van der Waals surface area contributed by atoms with Gasteiger partial charge in [0.2, 0.25) is 5.95 Å². The van der Waals surface area contributed by atoms with Crippen molar-refractivity contribution in [1.29, 1.82) is 0 Å². The van der Waals surface area contributed by atoms with E-state index in [0.29, 0.717) is 34.9 Å². The summed E-state index contributed by atoms with van der Waals surface area (Å²) in [6, 6.07) is 38.7. The lowest BCUT2D eigenvalue weighted by molar-refractivity contribution is 0.387. The van der Waals surface area contributed by atoms with Crippen molar-refractivity contribution in [3.8, 4) is 40.2 Å². The number of benzene rings is 5. The lowest BCUT2D eigenvalue weighted by Gasteiger charge is -2.38. The van der Waals surface area contributed by atoms with Crippen LogP contribution in [0.4, 0.5) is 11.4 Å². The first-order valence-electron chi connectivity index (χ1n) is 15.3. The van der Waals surface area contributed by atoms with E-state index in [2.05, 4.69) is 72.0 Å². The summed E-state index contributed by atoms with van der Waals surface area (Å²) in [4.78, 5) is 17.2. The molecule has 0 spiro atoms. The van der Waals surface area contributed by atoms with Crippen molar-refractivity contribution in [2.45, 2.75) is 6.92 Å². The largest absolute Gasteiger partial charge is 0.453 e. The minimum Gasteiger partial charge on any atom is -0.453 e. The van der Waals surface area contributed by atoms with E-state index in [-0.39, 0.29) is 0 Å². The molecule has 4 heterocycles. The second kappa shape index (κ2) is 10.3. The number of nitrogens with zero attached hydrogens (tertiary/aromatic N) is 5. The van der Waals surface area contributed by atoms with Crippen LogP contribution in [0.15, 0.2) is 152 Å². The molecular weight excluding hydrogens is 582 g/mol. The molecule has 0 bridgehead atoms. The van der Waals surface area contributed by atoms with E-state index in [1.54, 1.807) is 6.08 Å². The van der Waals surface area contributed by atoms with Crippen LogP contribution in [0.1, 0.15) is 5.56 Å². The number of rotatable bonds is 4. The van der Waals surface area contributed by atoms with E-state index in [1.807, 2.05) is 72.8 Å². The maximum atomic E-state index is 6.54. The van der Waals surface area contributed by atoms with Crippen molar-refractivity contribution in [3.05, 3.63) is 157 Å². The number of allylic oxidation sites excluding steroid dienone is 1. The first-order chi connectivity index (χ1) is 23.1. The van der Waals surface area contributed by atoms with Gasteiger partial charge in [-0.2, -0.15) is 9.97 Å². The molecule has 2 aliphatic heterocycles. The number of aromatic nitrogens is 4. The molecule has 224 valence electrons. The Kier molecular flexibility index (Phi) is 5.89. The monoisotopic (exact) mass is 609 g/mol. The molecule has 5 aromatic carbocycles. The summed E-state index contributed by atoms with van der Waals surface area (Å²) in [5.41, 5.74) is 7.35. The maximum absolute atomic E-state index is 6.54. The Balaban J connectivity index is 1.33. The molecule has 9 rings (SSSR count). The molecule has 0 amide bonds. The van der Waals surface area contributed by atoms with Gasteiger partial charge in [0.15, 0.2) is 28.9 Å². The van der Waals surface area contributed by atoms with Crippen LogP contribution in [0.25, 0.3) is 50.5 Å². The smallest absolute Gasteiger partial charge is 0.238 e. The van der Waals surface area contributed by atoms with Crippen LogP contribution in [-0.2, 0) is 0 Å². The van der Waals surface area contributed by atoms with Gasteiger partial charge in [0.05, 0.1) is 22.4 Å². The number of hydrogen-bond acceptors (Lipinski definition) is 6. The molecule has 7 aromatic rings. The summed E-state index contributed by atoms with van der Waals surface area (Å²) < 4.78 is 14.8. The SMILES string of the molecule is C=CC1=C2C(=C)Oc3ccccc3N2c2cc3c4ccccc4n(-c4nc(-c5ccccc5)nc(-c5ccc(C)cc5)n4)c3cc2O1. The molecule has 0 N–H and O–H groups in total. The molecule has 0 unspecified atom stereocenters. The minimum absolute atomic E-state index is 0.494. The van der Waals surface area contributed by atoms with Gasteiger partial charge in [-0.1, -0.05) is 104 Å². The third-order valence-electron chi connectivity index (χ3n) is 8.63. The first-order valence-corrected chi connectivity index (χ1v) is 15.3. The first kappa shape index (κ1) is 26.9. The maximum Gasteiger partial charge on any atom is 0.238 e. The fourth-order valence-electron chi connectivity index (χ4n) is 6.43. The number of para-hydroxylation sites is 3. The summed E-state index contributed by atoms with van der Waals surface area (Å²) in [7, 11) is 0. The van der Waals surface area contributed by atoms with Crippen LogP contribution in [0, 0.1) is 6.92 Å². The topological polar surface area (TPSA) is 65.3 Å². The summed E-state index contributed by atoms with van der Waals surface area (Å²) >= 11 is 0. The molecule has 2 aliphatic rings. The zero-order valence-corrected chi connectivity index (χ0v) is 25.5.